The first-order valence-corrected chi connectivity index (χ1v) is 4.35. The van der Waals surface area contributed by atoms with Crippen LogP contribution in [0.2, 0.25) is 0 Å². The van der Waals surface area contributed by atoms with Gasteiger partial charge in [-0.15, -0.1) is 0 Å². The molecule has 0 saturated heterocycles. The second kappa shape index (κ2) is 1.71. The van der Waals surface area contributed by atoms with Crippen LogP contribution < -0.4 is 0 Å². The molecule has 2 rings (SSSR count). The minimum Gasteiger partial charge on any atom is -0.386 e. The molecule has 62 valence electrons. The van der Waals surface area contributed by atoms with E-state index in [1.165, 1.54) is 0 Å². The van der Waals surface area contributed by atoms with Crippen molar-refractivity contribution in [3.8, 4) is 0 Å². The number of fused-ring (bicyclic) bond motifs is 1. The fraction of sp³-hybridized carbons (Fsp3) is 0.800. The second-order valence-corrected chi connectivity index (χ2v) is 4.87. The smallest absolute Gasteiger partial charge is 0.0802 e. The molecule has 2 aliphatic carbocycles. The average Bonchev–Trinajstić information content (AvgIpc) is 2.32. The molecule has 0 aromatic carbocycles. The summed E-state index contributed by atoms with van der Waals surface area (Å²) >= 11 is 0. The maximum Gasteiger partial charge on any atom is 0.0802 e. The van der Waals surface area contributed by atoms with Crippen LogP contribution in [0.25, 0.3) is 0 Å². The van der Waals surface area contributed by atoms with E-state index in [0.29, 0.717) is 5.41 Å². The SMILES string of the molecule is CC1(O)C=CC2C(C1)C2(C)C. The molecule has 0 radical (unpaired) electrons. The highest BCUT2D eigenvalue weighted by atomic mass is 16.3. The summed E-state index contributed by atoms with van der Waals surface area (Å²) in [6.07, 6.45) is 5.10. The molecule has 1 N–H and O–H groups in total. The number of allylic oxidation sites excluding steroid dienone is 1. The zero-order chi connectivity index (χ0) is 8.28. The molecule has 0 amide bonds. The van der Waals surface area contributed by atoms with Gasteiger partial charge >= 0.3 is 0 Å². The van der Waals surface area contributed by atoms with Crippen molar-refractivity contribution >= 4 is 0 Å². The van der Waals surface area contributed by atoms with Crippen molar-refractivity contribution in [1.29, 1.82) is 0 Å². The van der Waals surface area contributed by atoms with Gasteiger partial charge in [0.1, 0.15) is 0 Å². The molecule has 2 aliphatic rings. The van der Waals surface area contributed by atoms with Crippen LogP contribution >= 0.6 is 0 Å². The van der Waals surface area contributed by atoms with Gasteiger partial charge < -0.3 is 5.11 Å². The van der Waals surface area contributed by atoms with Crippen molar-refractivity contribution in [2.24, 2.45) is 17.3 Å². The van der Waals surface area contributed by atoms with Crippen LogP contribution in [-0.4, -0.2) is 10.7 Å². The summed E-state index contributed by atoms with van der Waals surface area (Å²) < 4.78 is 0. The number of hydrogen-bond acceptors (Lipinski definition) is 1. The summed E-state index contributed by atoms with van der Waals surface area (Å²) in [7, 11) is 0. The van der Waals surface area contributed by atoms with E-state index in [4.69, 9.17) is 0 Å². The molecule has 11 heavy (non-hydrogen) atoms. The summed E-state index contributed by atoms with van der Waals surface area (Å²) in [4.78, 5) is 0. The molecule has 1 heteroatoms. The van der Waals surface area contributed by atoms with Crippen LogP contribution in [0.1, 0.15) is 27.2 Å². The molecule has 0 aromatic heterocycles. The normalized spacial score (nSPS) is 52.0. The van der Waals surface area contributed by atoms with E-state index in [-0.39, 0.29) is 0 Å². The Labute approximate surface area is 68.1 Å². The van der Waals surface area contributed by atoms with Gasteiger partial charge in [-0.2, -0.15) is 0 Å². The molecule has 0 aliphatic heterocycles. The fourth-order valence-electron chi connectivity index (χ4n) is 2.38. The molecule has 0 spiro atoms. The monoisotopic (exact) mass is 152 g/mol. The van der Waals surface area contributed by atoms with Crippen LogP contribution in [0, 0.1) is 17.3 Å². The number of rotatable bonds is 0. The lowest BCUT2D eigenvalue weighted by Crippen LogP contribution is -2.24. The van der Waals surface area contributed by atoms with E-state index in [1.54, 1.807) is 0 Å². The lowest BCUT2D eigenvalue weighted by molar-refractivity contribution is 0.0871. The quantitative estimate of drug-likeness (QED) is 0.526. The van der Waals surface area contributed by atoms with Crippen molar-refractivity contribution in [3.05, 3.63) is 12.2 Å². The lowest BCUT2D eigenvalue weighted by atomic mass is 9.93. The van der Waals surface area contributed by atoms with Crippen LogP contribution in [0.5, 0.6) is 0 Å². The zero-order valence-electron chi connectivity index (χ0n) is 7.46. The summed E-state index contributed by atoms with van der Waals surface area (Å²) in [6, 6.07) is 0. The molecule has 0 bridgehead atoms. The van der Waals surface area contributed by atoms with Gasteiger partial charge in [0, 0.05) is 0 Å². The standard InChI is InChI=1S/C10H16O/c1-9(2)7-4-5-10(3,11)6-8(7)9/h4-5,7-8,11H,6H2,1-3H3. The summed E-state index contributed by atoms with van der Waals surface area (Å²) in [5, 5.41) is 9.72. The third-order valence-corrected chi connectivity index (χ3v) is 3.43. The van der Waals surface area contributed by atoms with Gasteiger partial charge in [0.15, 0.2) is 0 Å². The van der Waals surface area contributed by atoms with Crippen LogP contribution in [0.4, 0.5) is 0 Å². The molecule has 0 aromatic rings. The Kier molecular flexibility index (Phi) is 1.15. The minimum atomic E-state index is -0.533. The predicted octanol–water partition coefficient (Wildman–Crippen LogP) is 1.97. The maximum atomic E-state index is 9.72. The highest BCUT2D eigenvalue weighted by Crippen LogP contribution is 2.63. The molecule has 3 unspecified atom stereocenters. The third-order valence-electron chi connectivity index (χ3n) is 3.43. The van der Waals surface area contributed by atoms with E-state index in [9.17, 15) is 5.11 Å². The Balaban J connectivity index is 2.20. The Morgan fingerprint density at radius 1 is 1.36 bits per heavy atom. The van der Waals surface area contributed by atoms with Crippen molar-refractivity contribution in [1.82, 2.24) is 0 Å². The van der Waals surface area contributed by atoms with Crippen molar-refractivity contribution < 1.29 is 5.11 Å². The van der Waals surface area contributed by atoms with E-state index >= 15 is 0 Å². The minimum absolute atomic E-state index is 0.455. The Morgan fingerprint density at radius 3 is 2.45 bits per heavy atom. The first-order valence-electron chi connectivity index (χ1n) is 4.35. The van der Waals surface area contributed by atoms with Gasteiger partial charge in [-0.25, -0.2) is 0 Å². The molecule has 1 saturated carbocycles. The van der Waals surface area contributed by atoms with Crippen molar-refractivity contribution in [3.63, 3.8) is 0 Å². The highest BCUT2D eigenvalue weighted by molar-refractivity contribution is 5.23. The summed E-state index contributed by atoms with van der Waals surface area (Å²) in [5.74, 6) is 1.46. The van der Waals surface area contributed by atoms with Crippen LogP contribution in [-0.2, 0) is 0 Å². The van der Waals surface area contributed by atoms with Gasteiger partial charge in [-0.1, -0.05) is 26.0 Å². The van der Waals surface area contributed by atoms with Gasteiger partial charge in [-0.05, 0) is 30.6 Å². The van der Waals surface area contributed by atoms with E-state index in [1.807, 2.05) is 13.0 Å². The Hall–Kier alpha value is -0.300. The van der Waals surface area contributed by atoms with Gasteiger partial charge in [0.25, 0.3) is 0 Å². The third kappa shape index (κ3) is 0.943. The fourth-order valence-corrected chi connectivity index (χ4v) is 2.38. The lowest BCUT2D eigenvalue weighted by Gasteiger charge is -2.21. The largest absolute Gasteiger partial charge is 0.386 e. The second-order valence-electron chi connectivity index (χ2n) is 4.87. The Morgan fingerprint density at radius 2 is 2.00 bits per heavy atom. The first-order chi connectivity index (χ1) is 4.93. The van der Waals surface area contributed by atoms with Gasteiger partial charge in [0.2, 0.25) is 0 Å². The predicted molar refractivity (Wildman–Crippen MR) is 45.1 cm³/mol. The van der Waals surface area contributed by atoms with Gasteiger partial charge in [0.05, 0.1) is 5.60 Å². The van der Waals surface area contributed by atoms with Crippen molar-refractivity contribution in [2.45, 2.75) is 32.8 Å². The van der Waals surface area contributed by atoms with E-state index in [2.05, 4.69) is 19.9 Å². The molecule has 0 heterocycles. The van der Waals surface area contributed by atoms with Crippen LogP contribution in [0.3, 0.4) is 0 Å². The van der Waals surface area contributed by atoms with Crippen molar-refractivity contribution in [2.75, 3.05) is 0 Å². The molecule has 3 atom stereocenters. The first kappa shape index (κ1) is 7.35. The van der Waals surface area contributed by atoms with E-state index in [0.717, 1.165) is 18.3 Å². The maximum absolute atomic E-state index is 9.72. The summed E-state index contributed by atoms with van der Waals surface area (Å²) in [5.41, 5.74) is -0.0775. The molecular formula is C10H16O. The Bertz CT molecular complexity index is 213. The number of hydrogen-bond donors (Lipinski definition) is 1. The topological polar surface area (TPSA) is 20.2 Å². The van der Waals surface area contributed by atoms with Crippen LogP contribution in [0.15, 0.2) is 12.2 Å². The zero-order valence-corrected chi connectivity index (χ0v) is 7.46. The van der Waals surface area contributed by atoms with E-state index < -0.39 is 5.60 Å². The van der Waals surface area contributed by atoms with Gasteiger partial charge in [-0.3, -0.25) is 0 Å². The molecule has 1 nitrogen and oxygen atoms in total. The average molecular weight is 152 g/mol. The molecule has 1 fully saturated rings. The highest BCUT2D eigenvalue weighted by Gasteiger charge is 2.59. The number of aliphatic hydroxyl groups is 1. The molecular weight excluding hydrogens is 136 g/mol. The summed E-state index contributed by atoms with van der Waals surface area (Å²) in [6.45, 7) is 6.47.